The first-order valence-corrected chi connectivity index (χ1v) is 11.2. The maximum absolute atomic E-state index is 5.50. The normalized spacial score (nSPS) is 19.6. The van der Waals surface area contributed by atoms with Crippen molar-refractivity contribution in [2.75, 3.05) is 18.0 Å². The van der Waals surface area contributed by atoms with Gasteiger partial charge in [0.05, 0.1) is 5.25 Å². The molecule has 2 aliphatic rings. The Morgan fingerprint density at radius 2 is 1.96 bits per heavy atom. The Kier molecular flexibility index (Phi) is 5.71. The average molecular weight is 391 g/mol. The molecule has 4 rings (SSSR count). The third kappa shape index (κ3) is 4.31. The monoisotopic (exact) mass is 390 g/mol. The summed E-state index contributed by atoms with van der Waals surface area (Å²) in [6, 6.07) is 0.548. The molecule has 0 bridgehead atoms. The minimum atomic E-state index is 0.0730. The lowest BCUT2D eigenvalue weighted by atomic mass is 10.00. The van der Waals surface area contributed by atoms with E-state index in [9.17, 15) is 0 Å². The second-order valence-corrected chi connectivity index (χ2v) is 9.27. The number of aromatic nitrogens is 5. The number of thioether (sulfide) groups is 1. The van der Waals surface area contributed by atoms with Crippen LogP contribution in [0.5, 0.6) is 0 Å². The molecule has 3 heterocycles. The molecule has 2 aromatic heterocycles. The van der Waals surface area contributed by atoms with Crippen molar-refractivity contribution in [3.05, 3.63) is 11.7 Å². The first-order valence-electron chi connectivity index (χ1n) is 10.3. The second kappa shape index (κ2) is 8.20. The molecule has 7 nitrogen and oxygen atoms in total. The van der Waals surface area contributed by atoms with Crippen LogP contribution in [0.25, 0.3) is 0 Å². The van der Waals surface area contributed by atoms with E-state index < -0.39 is 0 Å². The molecule has 0 spiro atoms. The van der Waals surface area contributed by atoms with Crippen molar-refractivity contribution in [1.82, 2.24) is 24.9 Å². The van der Waals surface area contributed by atoms with Crippen molar-refractivity contribution < 1.29 is 4.52 Å². The van der Waals surface area contributed by atoms with Gasteiger partial charge in [-0.15, -0.1) is 10.2 Å². The molecule has 2 aromatic rings. The van der Waals surface area contributed by atoms with E-state index in [2.05, 4.69) is 50.6 Å². The van der Waals surface area contributed by atoms with E-state index in [1.54, 1.807) is 11.8 Å². The molecular weight excluding hydrogens is 360 g/mol. The average Bonchev–Trinajstić information content (AvgIpc) is 3.24. The highest BCUT2D eigenvalue weighted by molar-refractivity contribution is 7.99. The summed E-state index contributed by atoms with van der Waals surface area (Å²) in [4.78, 5) is 6.98. The molecule has 1 saturated carbocycles. The number of aryl methyl sites for hydroxylation is 1. The molecule has 1 saturated heterocycles. The van der Waals surface area contributed by atoms with Crippen LogP contribution in [0, 0.1) is 5.92 Å². The molecule has 1 aliphatic carbocycles. The van der Waals surface area contributed by atoms with Crippen molar-refractivity contribution in [3.63, 3.8) is 0 Å². The van der Waals surface area contributed by atoms with Gasteiger partial charge in [0.1, 0.15) is 0 Å². The minimum Gasteiger partial charge on any atom is -0.341 e. The molecule has 0 radical (unpaired) electrons. The predicted molar refractivity (Wildman–Crippen MR) is 106 cm³/mol. The fraction of sp³-hybridized carbons (Fsp3) is 0.789. The van der Waals surface area contributed by atoms with Gasteiger partial charge in [-0.3, -0.25) is 4.57 Å². The van der Waals surface area contributed by atoms with Gasteiger partial charge in [0.25, 0.3) is 0 Å². The molecule has 8 heteroatoms. The van der Waals surface area contributed by atoms with Crippen LogP contribution in [0.15, 0.2) is 9.68 Å². The fourth-order valence-electron chi connectivity index (χ4n) is 3.50. The van der Waals surface area contributed by atoms with Gasteiger partial charge in [-0.25, -0.2) is 0 Å². The molecular formula is C19H30N6OS. The quantitative estimate of drug-likeness (QED) is 0.617. The van der Waals surface area contributed by atoms with E-state index in [1.807, 2.05) is 0 Å². The predicted octanol–water partition coefficient (Wildman–Crippen LogP) is 4.43. The van der Waals surface area contributed by atoms with Crippen LogP contribution < -0.4 is 4.90 Å². The van der Waals surface area contributed by atoms with Crippen molar-refractivity contribution in [2.45, 2.75) is 82.2 Å². The van der Waals surface area contributed by atoms with Crippen molar-refractivity contribution >= 4 is 17.7 Å². The number of piperidine rings is 1. The highest BCUT2D eigenvalue weighted by atomic mass is 32.2. The summed E-state index contributed by atoms with van der Waals surface area (Å²) in [5, 5.41) is 14.3. The lowest BCUT2D eigenvalue weighted by Crippen LogP contribution is -2.34. The van der Waals surface area contributed by atoms with Crippen LogP contribution in [-0.4, -0.2) is 38.0 Å². The highest BCUT2D eigenvalue weighted by Crippen LogP contribution is 2.44. The zero-order chi connectivity index (χ0) is 18.8. The summed E-state index contributed by atoms with van der Waals surface area (Å²) >= 11 is 1.68. The Morgan fingerprint density at radius 3 is 2.67 bits per heavy atom. The van der Waals surface area contributed by atoms with Gasteiger partial charge in [-0.05, 0) is 44.9 Å². The van der Waals surface area contributed by atoms with Gasteiger partial charge in [0.15, 0.2) is 11.0 Å². The molecule has 1 unspecified atom stereocenters. The Hall–Kier alpha value is -1.57. The second-order valence-electron chi connectivity index (χ2n) is 7.97. The van der Waals surface area contributed by atoms with E-state index >= 15 is 0 Å². The van der Waals surface area contributed by atoms with Gasteiger partial charge in [0.2, 0.25) is 11.8 Å². The number of nitrogens with zero attached hydrogens (tertiary/aromatic N) is 6. The van der Waals surface area contributed by atoms with Crippen molar-refractivity contribution in [1.29, 1.82) is 0 Å². The molecule has 1 atom stereocenters. The molecule has 27 heavy (non-hydrogen) atoms. The SMILES string of the molecule is CCCCc1noc(C(C)Sc2nnc(N3CCC(C)CC3)n2C2CC2)n1. The van der Waals surface area contributed by atoms with E-state index in [-0.39, 0.29) is 5.25 Å². The maximum Gasteiger partial charge on any atom is 0.239 e. The maximum atomic E-state index is 5.50. The van der Waals surface area contributed by atoms with E-state index in [4.69, 9.17) is 4.52 Å². The van der Waals surface area contributed by atoms with E-state index in [0.717, 1.165) is 55.2 Å². The molecule has 1 aliphatic heterocycles. The lowest BCUT2D eigenvalue weighted by Gasteiger charge is -2.31. The third-order valence-corrected chi connectivity index (χ3v) is 6.54. The summed E-state index contributed by atoms with van der Waals surface area (Å²) in [6.45, 7) is 8.78. The van der Waals surface area contributed by atoms with Crippen molar-refractivity contribution in [2.24, 2.45) is 5.92 Å². The van der Waals surface area contributed by atoms with Crippen LogP contribution in [0.1, 0.15) is 82.3 Å². The standard InChI is InChI=1S/C19H30N6OS/c1-4-5-6-16-20-17(26-23-16)14(3)27-19-22-21-18(25(19)15-7-8-15)24-11-9-13(2)10-12-24/h13-15H,4-12H2,1-3H3. The van der Waals surface area contributed by atoms with Crippen LogP contribution in [0.3, 0.4) is 0 Å². The Morgan fingerprint density at radius 1 is 1.19 bits per heavy atom. The number of rotatable bonds is 8. The third-order valence-electron chi connectivity index (χ3n) is 5.49. The molecule has 2 fully saturated rings. The van der Waals surface area contributed by atoms with Gasteiger partial charge < -0.3 is 9.42 Å². The first kappa shape index (κ1) is 18.8. The van der Waals surface area contributed by atoms with Crippen LogP contribution >= 0.6 is 11.8 Å². The number of hydrogen-bond acceptors (Lipinski definition) is 7. The molecule has 0 aromatic carbocycles. The Labute approximate surface area is 165 Å². The highest BCUT2D eigenvalue weighted by Gasteiger charge is 2.33. The minimum absolute atomic E-state index is 0.0730. The van der Waals surface area contributed by atoms with Crippen molar-refractivity contribution in [3.8, 4) is 0 Å². The summed E-state index contributed by atoms with van der Waals surface area (Å²) < 4.78 is 7.85. The summed E-state index contributed by atoms with van der Waals surface area (Å²) in [6.07, 6.45) is 8.02. The molecule has 0 amide bonds. The number of unbranched alkanes of at least 4 members (excludes halogenated alkanes) is 1. The van der Waals surface area contributed by atoms with Gasteiger partial charge >= 0.3 is 0 Å². The number of anilines is 1. The fourth-order valence-corrected chi connectivity index (χ4v) is 4.45. The topological polar surface area (TPSA) is 72.9 Å². The number of hydrogen-bond donors (Lipinski definition) is 0. The largest absolute Gasteiger partial charge is 0.341 e. The van der Waals surface area contributed by atoms with Gasteiger partial charge in [-0.1, -0.05) is 37.2 Å². The van der Waals surface area contributed by atoms with E-state index in [1.165, 1.54) is 25.7 Å². The van der Waals surface area contributed by atoms with Crippen LogP contribution in [0.2, 0.25) is 0 Å². The summed E-state index contributed by atoms with van der Waals surface area (Å²) in [5.41, 5.74) is 0. The first-order chi connectivity index (χ1) is 13.2. The zero-order valence-electron chi connectivity index (χ0n) is 16.6. The van der Waals surface area contributed by atoms with E-state index in [0.29, 0.717) is 11.9 Å². The summed E-state index contributed by atoms with van der Waals surface area (Å²) in [7, 11) is 0. The Balaban J connectivity index is 1.48. The summed E-state index contributed by atoms with van der Waals surface area (Å²) in [5.74, 6) is 3.36. The lowest BCUT2D eigenvalue weighted by molar-refractivity contribution is 0.374. The van der Waals surface area contributed by atoms with Crippen LogP contribution in [0.4, 0.5) is 5.95 Å². The molecule has 0 N–H and O–H groups in total. The van der Waals surface area contributed by atoms with Crippen LogP contribution in [-0.2, 0) is 6.42 Å². The Bertz CT molecular complexity index is 747. The van der Waals surface area contributed by atoms with Gasteiger partial charge in [0, 0.05) is 25.6 Å². The smallest absolute Gasteiger partial charge is 0.239 e. The zero-order valence-corrected chi connectivity index (χ0v) is 17.4. The molecule has 148 valence electrons. The van der Waals surface area contributed by atoms with Gasteiger partial charge in [-0.2, -0.15) is 4.98 Å².